The molecule has 0 spiro atoms. The Morgan fingerprint density at radius 3 is 2.12 bits per heavy atom. The summed E-state index contributed by atoms with van der Waals surface area (Å²) in [6, 6.07) is 15.8. The Morgan fingerprint density at radius 2 is 1.56 bits per heavy atom. The van der Waals surface area contributed by atoms with E-state index in [-0.39, 0.29) is 11.2 Å². The number of ether oxygens (including phenoxy) is 2. The van der Waals surface area contributed by atoms with Crippen LogP contribution < -0.4 is 14.8 Å². The maximum atomic E-state index is 12.2. The Bertz CT molecular complexity index is 656. The Hall–Kier alpha value is -2.14. The maximum absolute atomic E-state index is 12.2. The molecule has 0 radical (unpaired) electrons. The SMILES string of the molecule is COc1ccc(CCCNC(=O)[C@@H](C)Sc2ccc(OC)cc2)cc1. The van der Waals surface area contributed by atoms with Crippen LogP contribution in [-0.2, 0) is 11.2 Å². The third-order valence-corrected chi connectivity index (χ3v) is 4.95. The number of hydrogen-bond donors (Lipinski definition) is 1. The Morgan fingerprint density at radius 1 is 1.00 bits per heavy atom. The molecule has 0 fully saturated rings. The number of benzene rings is 2. The van der Waals surface area contributed by atoms with Gasteiger partial charge in [-0.1, -0.05) is 12.1 Å². The summed E-state index contributed by atoms with van der Waals surface area (Å²) in [6.07, 6.45) is 1.85. The highest BCUT2D eigenvalue weighted by atomic mass is 32.2. The standard InChI is InChI=1S/C20H25NO3S/c1-15(25-19-12-10-18(24-3)11-13-19)20(22)21-14-4-5-16-6-8-17(23-2)9-7-16/h6-13,15H,4-5,14H2,1-3H3,(H,21,22)/t15-/m1/s1. The summed E-state index contributed by atoms with van der Waals surface area (Å²) < 4.78 is 10.3. The van der Waals surface area contributed by atoms with E-state index in [4.69, 9.17) is 9.47 Å². The summed E-state index contributed by atoms with van der Waals surface area (Å²) in [5.74, 6) is 1.75. The number of aryl methyl sites for hydroxylation is 1. The molecule has 1 N–H and O–H groups in total. The Balaban J connectivity index is 1.69. The number of rotatable bonds is 9. The summed E-state index contributed by atoms with van der Waals surface area (Å²) >= 11 is 1.55. The Kier molecular flexibility index (Phi) is 7.67. The van der Waals surface area contributed by atoms with Gasteiger partial charge in [-0.25, -0.2) is 0 Å². The summed E-state index contributed by atoms with van der Waals surface area (Å²) in [4.78, 5) is 13.2. The van der Waals surface area contributed by atoms with Crippen molar-refractivity contribution in [1.29, 1.82) is 0 Å². The van der Waals surface area contributed by atoms with E-state index in [1.54, 1.807) is 26.0 Å². The molecule has 0 bridgehead atoms. The second-order valence-corrected chi connectivity index (χ2v) is 7.09. The van der Waals surface area contributed by atoms with Crippen LogP contribution in [0.2, 0.25) is 0 Å². The van der Waals surface area contributed by atoms with Gasteiger partial charge < -0.3 is 14.8 Å². The first kappa shape index (κ1) is 19.2. The molecule has 0 aliphatic rings. The molecule has 5 heteroatoms. The van der Waals surface area contributed by atoms with Gasteiger partial charge in [0.05, 0.1) is 19.5 Å². The van der Waals surface area contributed by atoms with Crippen LogP contribution in [0.15, 0.2) is 53.4 Å². The molecular formula is C20H25NO3S. The van der Waals surface area contributed by atoms with Crippen molar-refractivity contribution in [3.63, 3.8) is 0 Å². The lowest BCUT2D eigenvalue weighted by molar-refractivity contribution is -0.120. The largest absolute Gasteiger partial charge is 0.497 e. The summed E-state index contributed by atoms with van der Waals surface area (Å²) in [5, 5.41) is 2.88. The molecule has 4 nitrogen and oxygen atoms in total. The minimum atomic E-state index is -0.130. The van der Waals surface area contributed by atoms with Crippen LogP contribution in [0.1, 0.15) is 18.9 Å². The van der Waals surface area contributed by atoms with Gasteiger partial charge >= 0.3 is 0 Å². The summed E-state index contributed by atoms with van der Waals surface area (Å²) in [6.45, 7) is 2.60. The van der Waals surface area contributed by atoms with E-state index in [0.29, 0.717) is 6.54 Å². The zero-order valence-electron chi connectivity index (χ0n) is 15.0. The normalized spacial score (nSPS) is 11.6. The highest BCUT2D eigenvalue weighted by Gasteiger charge is 2.13. The third-order valence-electron chi connectivity index (χ3n) is 3.84. The van der Waals surface area contributed by atoms with Crippen molar-refractivity contribution in [2.24, 2.45) is 0 Å². The van der Waals surface area contributed by atoms with Gasteiger partial charge in [0.15, 0.2) is 0 Å². The Labute approximate surface area is 153 Å². The molecule has 1 amide bonds. The average molecular weight is 359 g/mol. The van der Waals surface area contributed by atoms with Crippen molar-refractivity contribution in [2.45, 2.75) is 29.9 Å². The van der Waals surface area contributed by atoms with Crippen LogP contribution in [0, 0.1) is 0 Å². The topological polar surface area (TPSA) is 47.6 Å². The van der Waals surface area contributed by atoms with Crippen LogP contribution in [-0.4, -0.2) is 31.9 Å². The fourth-order valence-corrected chi connectivity index (χ4v) is 3.24. The van der Waals surface area contributed by atoms with E-state index in [9.17, 15) is 4.79 Å². The zero-order chi connectivity index (χ0) is 18.1. The van der Waals surface area contributed by atoms with Gasteiger partial charge in [0.1, 0.15) is 11.5 Å². The maximum Gasteiger partial charge on any atom is 0.233 e. The first-order chi connectivity index (χ1) is 12.1. The number of carbonyl (C=O) groups excluding carboxylic acids is 1. The molecule has 0 heterocycles. The molecule has 0 saturated carbocycles. The molecule has 134 valence electrons. The number of amides is 1. The van der Waals surface area contributed by atoms with Crippen molar-refractivity contribution in [2.75, 3.05) is 20.8 Å². The smallest absolute Gasteiger partial charge is 0.233 e. The molecule has 0 unspecified atom stereocenters. The molecule has 1 atom stereocenters. The van der Waals surface area contributed by atoms with E-state index in [1.807, 2.05) is 43.3 Å². The molecule has 2 rings (SSSR count). The molecule has 0 saturated heterocycles. The highest BCUT2D eigenvalue weighted by molar-refractivity contribution is 8.00. The van der Waals surface area contributed by atoms with Crippen molar-refractivity contribution >= 4 is 17.7 Å². The molecule has 2 aromatic carbocycles. The quantitative estimate of drug-likeness (QED) is 0.544. The molecular weight excluding hydrogens is 334 g/mol. The lowest BCUT2D eigenvalue weighted by Crippen LogP contribution is -2.31. The molecule has 0 aliphatic heterocycles. The number of thioether (sulfide) groups is 1. The lowest BCUT2D eigenvalue weighted by Gasteiger charge is -2.12. The summed E-state index contributed by atoms with van der Waals surface area (Å²) in [5.41, 5.74) is 1.25. The van der Waals surface area contributed by atoms with Crippen molar-refractivity contribution in [3.8, 4) is 11.5 Å². The van der Waals surface area contributed by atoms with Gasteiger partial charge in [0, 0.05) is 11.4 Å². The second-order valence-electron chi connectivity index (χ2n) is 5.68. The molecule has 0 aliphatic carbocycles. The van der Waals surface area contributed by atoms with Crippen molar-refractivity contribution in [1.82, 2.24) is 5.32 Å². The number of nitrogens with one attached hydrogen (secondary N) is 1. The van der Waals surface area contributed by atoms with Crippen LogP contribution in [0.4, 0.5) is 0 Å². The van der Waals surface area contributed by atoms with Gasteiger partial charge in [-0.3, -0.25) is 4.79 Å². The molecule has 0 aromatic heterocycles. The first-order valence-electron chi connectivity index (χ1n) is 8.33. The van der Waals surface area contributed by atoms with Gasteiger partial charge in [-0.05, 0) is 61.7 Å². The number of methoxy groups -OCH3 is 2. The molecule has 2 aromatic rings. The lowest BCUT2D eigenvalue weighted by atomic mass is 10.1. The van der Waals surface area contributed by atoms with E-state index in [0.717, 1.165) is 29.2 Å². The number of carbonyl (C=O) groups is 1. The monoisotopic (exact) mass is 359 g/mol. The van der Waals surface area contributed by atoms with Gasteiger partial charge in [0.25, 0.3) is 0 Å². The molecule has 25 heavy (non-hydrogen) atoms. The summed E-state index contributed by atoms with van der Waals surface area (Å²) in [7, 11) is 3.31. The fraction of sp³-hybridized carbons (Fsp3) is 0.350. The van der Waals surface area contributed by atoms with Crippen LogP contribution in [0.5, 0.6) is 11.5 Å². The van der Waals surface area contributed by atoms with Crippen LogP contribution in [0.25, 0.3) is 0 Å². The minimum absolute atomic E-state index is 0.0653. The van der Waals surface area contributed by atoms with E-state index in [2.05, 4.69) is 17.4 Å². The van der Waals surface area contributed by atoms with Crippen LogP contribution in [0.3, 0.4) is 0 Å². The predicted molar refractivity (Wildman–Crippen MR) is 103 cm³/mol. The van der Waals surface area contributed by atoms with E-state index < -0.39 is 0 Å². The zero-order valence-corrected chi connectivity index (χ0v) is 15.8. The van der Waals surface area contributed by atoms with Crippen molar-refractivity contribution in [3.05, 3.63) is 54.1 Å². The average Bonchev–Trinajstić information content (AvgIpc) is 2.66. The number of hydrogen-bond acceptors (Lipinski definition) is 4. The van der Waals surface area contributed by atoms with Gasteiger partial charge in [-0.2, -0.15) is 0 Å². The highest BCUT2D eigenvalue weighted by Crippen LogP contribution is 2.25. The van der Waals surface area contributed by atoms with Gasteiger partial charge in [0.2, 0.25) is 5.91 Å². The first-order valence-corrected chi connectivity index (χ1v) is 9.21. The van der Waals surface area contributed by atoms with E-state index >= 15 is 0 Å². The van der Waals surface area contributed by atoms with Crippen molar-refractivity contribution < 1.29 is 14.3 Å². The minimum Gasteiger partial charge on any atom is -0.497 e. The second kappa shape index (κ2) is 9.99. The fourth-order valence-electron chi connectivity index (χ4n) is 2.35. The van der Waals surface area contributed by atoms with Crippen LogP contribution >= 0.6 is 11.8 Å². The van der Waals surface area contributed by atoms with E-state index in [1.165, 1.54) is 5.56 Å². The third kappa shape index (κ3) is 6.35. The predicted octanol–water partition coefficient (Wildman–Crippen LogP) is 3.93. The van der Waals surface area contributed by atoms with Gasteiger partial charge in [-0.15, -0.1) is 11.8 Å².